The van der Waals surface area contributed by atoms with Gasteiger partial charge in [0.25, 0.3) is 5.69 Å². The van der Waals surface area contributed by atoms with E-state index in [2.05, 4.69) is 10.1 Å². The number of hydrogen-bond acceptors (Lipinski definition) is 7. The van der Waals surface area contributed by atoms with E-state index in [4.69, 9.17) is 20.4 Å². The van der Waals surface area contributed by atoms with Gasteiger partial charge in [0.1, 0.15) is 12.8 Å². The Kier molecular flexibility index (Phi) is 5.66. The summed E-state index contributed by atoms with van der Waals surface area (Å²) in [7, 11) is 0. The first-order valence-electron chi connectivity index (χ1n) is 5.82. The molecule has 3 N–H and O–H groups in total. The van der Waals surface area contributed by atoms with Crippen molar-refractivity contribution in [3.63, 3.8) is 0 Å². The van der Waals surface area contributed by atoms with Gasteiger partial charge in [0.05, 0.1) is 23.2 Å². The van der Waals surface area contributed by atoms with Gasteiger partial charge in [-0.2, -0.15) is 0 Å². The maximum atomic E-state index is 10.7. The maximum absolute atomic E-state index is 10.7. The third-order valence-electron chi connectivity index (χ3n) is 2.20. The molecular formula is C11H16N4O5. The molecule has 1 aromatic rings. The van der Waals surface area contributed by atoms with Gasteiger partial charge in [-0.05, 0) is 13.8 Å². The number of rotatable bonds is 7. The normalized spacial score (nSPS) is 11.7. The molecule has 1 rings (SSSR count). The van der Waals surface area contributed by atoms with Crippen molar-refractivity contribution in [3.05, 3.63) is 27.9 Å². The summed E-state index contributed by atoms with van der Waals surface area (Å²) < 4.78 is 10.6. The number of amidine groups is 1. The zero-order valence-corrected chi connectivity index (χ0v) is 11.1. The molecule has 0 fully saturated rings. The maximum Gasteiger partial charge on any atom is 0.288 e. The molecule has 0 bridgehead atoms. The van der Waals surface area contributed by atoms with Gasteiger partial charge in [-0.3, -0.25) is 10.1 Å². The number of nitro groups is 1. The summed E-state index contributed by atoms with van der Waals surface area (Å²) in [5.41, 5.74) is 5.21. The first-order valence-corrected chi connectivity index (χ1v) is 5.82. The third kappa shape index (κ3) is 4.35. The van der Waals surface area contributed by atoms with Crippen LogP contribution in [0.2, 0.25) is 0 Å². The summed E-state index contributed by atoms with van der Waals surface area (Å²) in [4.78, 5) is 13.8. The minimum absolute atomic E-state index is 0.0401. The van der Waals surface area contributed by atoms with Crippen molar-refractivity contribution in [2.45, 2.75) is 20.0 Å². The Hall–Kier alpha value is -2.42. The van der Waals surface area contributed by atoms with E-state index in [1.54, 1.807) is 0 Å². The van der Waals surface area contributed by atoms with Crippen molar-refractivity contribution in [1.29, 1.82) is 0 Å². The highest BCUT2D eigenvalue weighted by Crippen LogP contribution is 2.20. The van der Waals surface area contributed by atoms with E-state index in [0.717, 1.165) is 12.3 Å². The second-order valence-electron chi connectivity index (χ2n) is 4.06. The molecule has 110 valence electrons. The summed E-state index contributed by atoms with van der Waals surface area (Å²) in [5.74, 6) is -0.278. The Bertz CT molecular complexity index is 504. The fraction of sp³-hybridized carbons (Fsp3) is 0.455. The van der Waals surface area contributed by atoms with Crippen LogP contribution < -0.4 is 10.5 Å². The number of pyridine rings is 1. The van der Waals surface area contributed by atoms with Crippen molar-refractivity contribution >= 4 is 11.5 Å². The fourth-order valence-electron chi connectivity index (χ4n) is 1.32. The van der Waals surface area contributed by atoms with Crippen molar-refractivity contribution in [1.82, 2.24) is 4.98 Å². The van der Waals surface area contributed by atoms with Crippen molar-refractivity contribution in [2.24, 2.45) is 10.9 Å². The lowest BCUT2D eigenvalue weighted by atomic mass is 10.2. The van der Waals surface area contributed by atoms with Crippen LogP contribution in [0.25, 0.3) is 0 Å². The molecule has 0 radical (unpaired) electrons. The van der Waals surface area contributed by atoms with Crippen LogP contribution in [0.1, 0.15) is 19.4 Å². The first-order chi connectivity index (χ1) is 9.45. The van der Waals surface area contributed by atoms with E-state index >= 15 is 0 Å². The summed E-state index contributed by atoms with van der Waals surface area (Å²) >= 11 is 0. The van der Waals surface area contributed by atoms with E-state index in [1.807, 2.05) is 13.8 Å². The number of nitrogens with zero attached hydrogens (tertiary/aromatic N) is 3. The molecule has 0 spiro atoms. The van der Waals surface area contributed by atoms with Gasteiger partial charge in [0.15, 0.2) is 5.84 Å². The molecule has 0 aliphatic carbocycles. The van der Waals surface area contributed by atoms with Crippen LogP contribution in [-0.2, 0) is 4.74 Å². The van der Waals surface area contributed by atoms with Gasteiger partial charge in [-0.15, -0.1) is 0 Å². The predicted octanol–water partition coefficient (Wildman–Crippen LogP) is 0.888. The number of hydrogen-bond donors (Lipinski definition) is 2. The van der Waals surface area contributed by atoms with E-state index in [0.29, 0.717) is 6.61 Å². The van der Waals surface area contributed by atoms with Crippen LogP contribution in [0.15, 0.2) is 17.4 Å². The number of oxime groups is 1. The highest BCUT2D eigenvalue weighted by molar-refractivity contribution is 5.99. The van der Waals surface area contributed by atoms with E-state index < -0.39 is 4.92 Å². The van der Waals surface area contributed by atoms with Crippen LogP contribution >= 0.6 is 0 Å². The highest BCUT2D eigenvalue weighted by Gasteiger charge is 2.16. The van der Waals surface area contributed by atoms with Crippen LogP contribution in [-0.4, -0.2) is 40.3 Å². The summed E-state index contributed by atoms with van der Waals surface area (Å²) in [6, 6.07) is 1.13. The van der Waals surface area contributed by atoms with Crippen LogP contribution in [0.4, 0.5) is 5.69 Å². The largest absolute Gasteiger partial charge is 0.475 e. The molecule has 20 heavy (non-hydrogen) atoms. The van der Waals surface area contributed by atoms with Gasteiger partial charge in [-0.1, -0.05) is 5.16 Å². The Balaban J connectivity index is 2.86. The molecule has 0 saturated heterocycles. The lowest BCUT2D eigenvalue weighted by molar-refractivity contribution is -0.385. The average molecular weight is 284 g/mol. The topological polar surface area (TPSA) is 133 Å². The van der Waals surface area contributed by atoms with Crippen molar-refractivity contribution in [2.75, 3.05) is 13.2 Å². The average Bonchev–Trinajstić information content (AvgIpc) is 2.42. The van der Waals surface area contributed by atoms with Crippen LogP contribution in [0, 0.1) is 10.1 Å². The number of aromatic nitrogens is 1. The third-order valence-corrected chi connectivity index (χ3v) is 2.20. The second-order valence-corrected chi connectivity index (χ2v) is 4.06. The predicted molar refractivity (Wildman–Crippen MR) is 70.0 cm³/mol. The lowest BCUT2D eigenvalue weighted by Crippen LogP contribution is -2.18. The highest BCUT2D eigenvalue weighted by atomic mass is 16.6. The minimum Gasteiger partial charge on any atom is -0.475 e. The van der Waals surface area contributed by atoms with Gasteiger partial charge in [0.2, 0.25) is 5.88 Å². The quantitative estimate of drug-likeness (QED) is 0.190. The van der Waals surface area contributed by atoms with Gasteiger partial charge in [0, 0.05) is 6.07 Å². The minimum atomic E-state index is -0.632. The molecule has 9 heteroatoms. The molecule has 1 heterocycles. The molecule has 1 aromatic heterocycles. The van der Waals surface area contributed by atoms with E-state index in [9.17, 15) is 10.1 Å². The number of ether oxygens (including phenoxy) is 2. The fourth-order valence-corrected chi connectivity index (χ4v) is 1.32. The summed E-state index contributed by atoms with van der Waals surface area (Å²) in [6.07, 6.45) is 1.10. The molecule has 0 saturated carbocycles. The molecular weight excluding hydrogens is 268 g/mol. The first kappa shape index (κ1) is 15.6. The SMILES string of the molecule is CC(C)OCCOc1ncc([N+](=O)[O-])cc1C(N)=NO. The standard InChI is InChI=1S/C11H16N4O5/c1-7(2)19-3-4-20-11-9(10(12)14-16)5-8(6-13-11)15(17)18/h5-7,16H,3-4H2,1-2H3,(H2,12,14). The summed E-state index contributed by atoms with van der Waals surface area (Å²) in [5, 5.41) is 22.1. The lowest BCUT2D eigenvalue weighted by Gasteiger charge is -2.11. The van der Waals surface area contributed by atoms with Gasteiger partial charge in [-0.25, -0.2) is 4.98 Å². The Morgan fingerprint density at radius 3 is 2.85 bits per heavy atom. The zero-order valence-electron chi connectivity index (χ0n) is 11.1. The van der Waals surface area contributed by atoms with E-state index in [1.165, 1.54) is 0 Å². The smallest absolute Gasteiger partial charge is 0.288 e. The molecule has 0 aliphatic rings. The molecule has 0 aliphatic heterocycles. The molecule has 0 aromatic carbocycles. The Morgan fingerprint density at radius 1 is 1.60 bits per heavy atom. The Morgan fingerprint density at radius 2 is 2.30 bits per heavy atom. The van der Waals surface area contributed by atoms with E-state index in [-0.39, 0.29) is 35.7 Å². The second kappa shape index (κ2) is 7.24. The molecule has 0 amide bonds. The summed E-state index contributed by atoms with van der Waals surface area (Å²) in [6.45, 7) is 4.28. The monoisotopic (exact) mass is 284 g/mol. The van der Waals surface area contributed by atoms with Gasteiger partial charge < -0.3 is 20.4 Å². The zero-order chi connectivity index (χ0) is 15.1. The van der Waals surface area contributed by atoms with Crippen LogP contribution in [0.5, 0.6) is 5.88 Å². The molecule has 9 nitrogen and oxygen atoms in total. The molecule has 0 unspecified atom stereocenters. The van der Waals surface area contributed by atoms with Crippen LogP contribution in [0.3, 0.4) is 0 Å². The van der Waals surface area contributed by atoms with Crippen molar-refractivity contribution in [3.8, 4) is 5.88 Å². The van der Waals surface area contributed by atoms with Gasteiger partial charge >= 0.3 is 0 Å². The van der Waals surface area contributed by atoms with Crippen molar-refractivity contribution < 1.29 is 19.6 Å². The number of nitrogens with two attached hydrogens (primary N) is 1. The molecule has 0 atom stereocenters. The Labute approximate surface area is 115 Å².